The molecule has 19 heavy (non-hydrogen) atoms. The van der Waals surface area contributed by atoms with Gasteiger partial charge in [-0.1, -0.05) is 0 Å². The fourth-order valence-electron chi connectivity index (χ4n) is 2.49. The Labute approximate surface area is 111 Å². The molecule has 1 unspecified atom stereocenters. The van der Waals surface area contributed by atoms with Crippen LogP contribution >= 0.6 is 0 Å². The van der Waals surface area contributed by atoms with E-state index in [-0.39, 0.29) is 11.9 Å². The predicted molar refractivity (Wildman–Crippen MR) is 70.6 cm³/mol. The minimum absolute atomic E-state index is 0.0367. The molecule has 1 fully saturated rings. The molecular formula is C13H17N5O. The maximum Gasteiger partial charge on any atom is 0.257 e. The van der Waals surface area contributed by atoms with Crippen molar-refractivity contribution in [3.8, 4) is 0 Å². The van der Waals surface area contributed by atoms with E-state index in [0.29, 0.717) is 18.0 Å². The van der Waals surface area contributed by atoms with Gasteiger partial charge < -0.3 is 10.6 Å². The van der Waals surface area contributed by atoms with E-state index in [1.165, 1.54) is 0 Å². The van der Waals surface area contributed by atoms with Crippen LogP contribution < -0.4 is 5.73 Å². The van der Waals surface area contributed by atoms with E-state index in [1.54, 1.807) is 34.2 Å². The summed E-state index contributed by atoms with van der Waals surface area (Å²) < 4.78 is 1.66. The number of rotatable bonds is 4. The van der Waals surface area contributed by atoms with Crippen LogP contribution in [0.25, 0.3) is 5.52 Å². The van der Waals surface area contributed by atoms with Crippen LogP contribution in [-0.4, -0.2) is 45.0 Å². The molecule has 100 valence electrons. The first-order valence-corrected chi connectivity index (χ1v) is 6.47. The van der Waals surface area contributed by atoms with Gasteiger partial charge in [0.25, 0.3) is 5.91 Å². The number of nitrogens with two attached hydrogens (primary N) is 1. The number of hydrogen-bond acceptors (Lipinski definition) is 4. The summed E-state index contributed by atoms with van der Waals surface area (Å²) in [6, 6.07) is 0.124. The third-order valence-corrected chi connectivity index (χ3v) is 3.78. The molecule has 2 aromatic rings. The first kappa shape index (κ1) is 12.1. The van der Waals surface area contributed by atoms with Gasteiger partial charge >= 0.3 is 0 Å². The van der Waals surface area contributed by atoms with Crippen LogP contribution in [0.5, 0.6) is 0 Å². The second kappa shape index (κ2) is 4.62. The molecule has 6 heteroatoms. The fraction of sp³-hybridized carbons (Fsp3) is 0.462. The van der Waals surface area contributed by atoms with Crippen LogP contribution in [0.3, 0.4) is 0 Å². The van der Waals surface area contributed by atoms with Crippen LogP contribution in [0.15, 0.2) is 24.8 Å². The summed E-state index contributed by atoms with van der Waals surface area (Å²) in [7, 11) is 1.82. The van der Waals surface area contributed by atoms with Crippen molar-refractivity contribution < 1.29 is 4.79 Å². The second-order valence-electron chi connectivity index (χ2n) is 5.02. The number of hydrogen-bond donors (Lipinski definition) is 1. The molecule has 1 amide bonds. The number of likely N-dealkylation sites (N-methyl/N-ethyl adjacent to an activating group) is 1. The highest BCUT2D eigenvalue weighted by Gasteiger charge is 2.35. The number of carbonyl (C=O) groups excluding carboxylic acids is 1. The van der Waals surface area contributed by atoms with Crippen LogP contribution in [-0.2, 0) is 0 Å². The van der Waals surface area contributed by atoms with Crippen molar-refractivity contribution in [1.82, 2.24) is 19.5 Å². The van der Waals surface area contributed by atoms with E-state index in [4.69, 9.17) is 5.73 Å². The van der Waals surface area contributed by atoms with Crippen molar-refractivity contribution in [2.75, 3.05) is 13.6 Å². The van der Waals surface area contributed by atoms with E-state index in [1.807, 2.05) is 7.05 Å². The second-order valence-corrected chi connectivity index (χ2v) is 5.02. The SMILES string of the molecule is CN(C(=O)c1cnn2ccncc12)C(CN)C1CC1. The Hall–Kier alpha value is -1.95. The van der Waals surface area contributed by atoms with Crippen LogP contribution in [0.2, 0.25) is 0 Å². The fourth-order valence-corrected chi connectivity index (χ4v) is 2.49. The molecule has 2 N–H and O–H groups in total. The predicted octanol–water partition coefficient (Wildman–Crippen LogP) is 0.539. The lowest BCUT2D eigenvalue weighted by Crippen LogP contribution is -2.43. The van der Waals surface area contributed by atoms with Crippen LogP contribution in [0.1, 0.15) is 23.2 Å². The number of nitrogens with zero attached hydrogens (tertiary/aromatic N) is 4. The van der Waals surface area contributed by atoms with Gasteiger partial charge in [-0.2, -0.15) is 5.10 Å². The Morgan fingerprint density at radius 1 is 1.58 bits per heavy atom. The largest absolute Gasteiger partial charge is 0.337 e. The molecule has 0 bridgehead atoms. The molecule has 1 atom stereocenters. The zero-order chi connectivity index (χ0) is 13.4. The molecule has 2 aromatic heterocycles. The smallest absolute Gasteiger partial charge is 0.257 e. The zero-order valence-corrected chi connectivity index (χ0v) is 10.9. The summed E-state index contributed by atoms with van der Waals surface area (Å²) in [5.74, 6) is 0.518. The minimum Gasteiger partial charge on any atom is -0.337 e. The Morgan fingerprint density at radius 3 is 3.05 bits per heavy atom. The molecule has 0 aliphatic heterocycles. The van der Waals surface area contributed by atoms with Crippen LogP contribution in [0, 0.1) is 5.92 Å². The Morgan fingerprint density at radius 2 is 2.37 bits per heavy atom. The van der Waals surface area contributed by atoms with E-state index >= 15 is 0 Å². The quantitative estimate of drug-likeness (QED) is 0.869. The molecule has 0 radical (unpaired) electrons. The zero-order valence-electron chi connectivity index (χ0n) is 10.9. The third-order valence-electron chi connectivity index (χ3n) is 3.78. The van der Waals surface area contributed by atoms with Gasteiger partial charge in [-0.15, -0.1) is 0 Å². The molecule has 0 saturated heterocycles. The van der Waals surface area contributed by atoms with E-state index in [0.717, 1.165) is 18.4 Å². The lowest BCUT2D eigenvalue weighted by atomic mass is 10.1. The number of fused-ring (bicyclic) bond motifs is 1. The topological polar surface area (TPSA) is 76.5 Å². The lowest BCUT2D eigenvalue weighted by molar-refractivity contribution is 0.0720. The molecule has 3 rings (SSSR count). The van der Waals surface area contributed by atoms with Gasteiger partial charge in [-0.05, 0) is 18.8 Å². The summed E-state index contributed by atoms with van der Waals surface area (Å²) in [4.78, 5) is 18.3. The average molecular weight is 259 g/mol. The highest BCUT2D eigenvalue weighted by Crippen LogP contribution is 2.35. The first-order chi connectivity index (χ1) is 9.22. The third kappa shape index (κ3) is 2.08. The van der Waals surface area contributed by atoms with Crippen molar-refractivity contribution in [2.45, 2.75) is 18.9 Å². The van der Waals surface area contributed by atoms with Gasteiger partial charge in [0, 0.05) is 32.0 Å². The highest BCUT2D eigenvalue weighted by atomic mass is 16.2. The van der Waals surface area contributed by atoms with Gasteiger partial charge in [-0.3, -0.25) is 9.78 Å². The summed E-state index contributed by atoms with van der Waals surface area (Å²) in [5.41, 5.74) is 7.10. The van der Waals surface area contributed by atoms with Gasteiger partial charge in [0.15, 0.2) is 0 Å². The Kier molecular flexibility index (Phi) is 2.94. The minimum atomic E-state index is -0.0367. The molecule has 1 aliphatic rings. The number of carbonyl (C=O) groups is 1. The Bertz CT molecular complexity index is 604. The van der Waals surface area contributed by atoms with Crippen molar-refractivity contribution in [3.63, 3.8) is 0 Å². The maximum absolute atomic E-state index is 12.5. The molecule has 1 aliphatic carbocycles. The van der Waals surface area contributed by atoms with E-state index in [2.05, 4.69) is 10.1 Å². The number of amides is 1. The molecule has 0 aromatic carbocycles. The highest BCUT2D eigenvalue weighted by molar-refractivity contribution is 6.00. The standard InChI is InChI=1S/C13H17N5O/c1-17(11(6-14)9-2-3-9)13(19)10-7-16-18-5-4-15-8-12(10)18/h4-5,7-9,11H,2-3,6,14H2,1H3. The van der Waals surface area contributed by atoms with Crippen molar-refractivity contribution in [3.05, 3.63) is 30.4 Å². The van der Waals surface area contributed by atoms with Crippen molar-refractivity contribution in [2.24, 2.45) is 11.7 Å². The number of aromatic nitrogens is 3. The molecule has 1 saturated carbocycles. The maximum atomic E-state index is 12.5. The van der Waals surface area contributed by atoms with E-state index in [9.17, 15) is 4.79 Å². The first-order valence-electron chi connectivity index (χ1n) is 6.47. The summed E-state index contributed by atoms with van der Waals surface area (Å²) in [5, 5.41) is 4.17. The summed E-state index contributed by atoms with van der Waals surface area (Å²) in [6.07, 6.45) is 8.95. The van der Waals surface area contributed by atoms with Gasteiger partial charge in [0.05, 0.1) is 23.5 Å². The van der Waals surface area contributed by atoms with Gasteiger partial charge in [0.2, 0.25) is 0 Å². The summed E-state index contributed by atoms with van der Waals surface area (Å²) in [6.45, 7) is 0.504. The van der Waals surface area contributed by atoms with Crippen LogP contribution in [0.4, 0.5) is 0 Å². The van der Waals surface area contributed by atoms with Crippen molar-refractivity contribution >= 4 is 11.4 Å². The Balaban J connectivity index is 1.90. The van der Waals surface area contributed by atoms with Gasteiger partial charge in [0.1, 0.15) is 0 Å². The normalized spacial score (nSPS) is 16.5. The monoisotopic (exact) mass is 259 g/mol. The lowest BCUT2D eigenvalue weighted by Gasteiger charge is -2.26. The molecule has 2 heterocycles. The summed E-state index contributed by atoms with van der Waals surface area (Å²) >= 11 is 0. The molecule has 0 spiro atoms. The average Bonchev–Trinajstić information content (AvgIpc) is 3.17. The molecular weight excluding hydrogens is 242 g/mol. The van der Waals surface area contributed by atoms with E-state index < -0.39 is 0 Å². The van der Waals surface area contributed by atoms with Crippen molar-refractivity contribution in [1.29, 1.82) is 0 Å². The molecule has 6 nitrogen and oxygen atoms in total. The van der Waals surface area contributed by atoms with Gasteiger partial charge in [-0.25, -0.2) is 4.52 Å².